The summed E-state index contributed by atoms with van der Waals surface area (Å²) in [5.41, 5.74) is 2.53. The summed E-state index contributed by atoms with van der Waals surface area (Å²) >= 11 is 0. The Morgan fingerprint density at radius 2 is 1.92 bits per heavy atom. The highest BCUT2D eigenvalue weighted by Gasteiger charge is 2.26. The van der Waals surface area contributed by atoms with Crippen LogP contribution in [0.3, 0.4) is 0 Å². The number of hydrogen-bond donors (Lipinski definition) is 0. The van der Waals surface area contributed by atoms with Crippen molar-refractivity contribution in [2.75, 3.05) is 25.5 Å². The van der Waals surface area contributed by atoms with Gasteiger partial charge >= 0.3 is 0 Å². The molecular weight excluding hydrogens is 324 g/mol. The van der Waals surface area contributed by atoms with Crippen molar-refractivity contribution in [3.8, 4) is 11.3 Å². The number of hydrogen-bond acceptors (Lipinski definition) is 4. The largest absolute Gasteiger partial charge is 0.363 e. The van der Waals surface area contributed by atoms with Gasteiger partial charge in [-0.1, -0.05) is 31.9 Å². The van der Waals surface area contributed by atoms with Gasteiger partial charge in [0, 0.05) is 43.9 Å². The number of benzene rings is 1. The van der Waals surface area contributed by atoms with E-state index in [0.717, 1.165) is 48.4 Å². The lowest BCUT2D eigenvalue weighted by Gasteiger charge is -2.29. The Morgan fingerprint density at radius 3 is 2.62 bits per heavy atom. The zero-order valence-electron chi connectivity index (χ0n) is 16.0. The number of carbonyl (C=O) groups is 1. The van der Waals surface area contributed by atoms with Gasteiger partial charge in [0.1, 0.15) is 12.1 Å². The van der Waals surface area contributed by atoms with Gasteiger partial charge in [-0.15, -0.1) is 0 Å². The molecule has 0 atom stereocenters. The van der Waals surface area contributed by atoms with Crippen LogP contribution in [-0.2, 0) is 0 Å². The highest BCUT2D eigenvalue weighted by Crippen LogP contribution is 2.26. The second kappa shape index (κ2) is 8.30. The average Bonchev–Trinajstić information content (AvgIpc) is 3.20. The van der Waals surface area contributed by atoms with Gasteiger partial charge in [-0.05, 0) is 31.4 Å². The van der Waals surface area contributed by atoms with Crippen molar-refractivity contribution in [3.63, 3.8) is 0 Å². The minimum absolute atomic E-state index is 0.141. The van der Waals surface area contributed by atoms with Gasteiger partial charge in [0.15, 0.2) is 0 Å². The molecule has 2 aromatic rings. The van der Waals surface area contributed by atoms with E-state index in [2.05, 4.69) is 21.8 Å². The van der Waals surface area contributed by atoms with E-state index in [1.165, 1.54) is 12.8 Å². The number of amides is 1. The monoisotopic (exact) mass is 352 g/mol. The van der Waals surface area contributed by atoms with Gasteiger partial charge in [0.05, 0.1) is 5.69 Å². The normalized spacial score (nSPS) is 14.4. The van der Waals surface area contributed by atoms with Crippen molar-refractivity contribution in [1.29, 1.82) is 0 Å². The number of aromatic nitrogens is 2. The summed E-state index contributed by atoms with van der Waals surface area (Å²) in [6, 6.07) is 10.2. The fourth-order valence-corrected chi connectivity index (χ4v) is 3.63. The Bertz CT molecular complexity index is 753. The molecule has 1 amide bonds. The summed E-state index contributed by atoms with van der Waals surface area (Å²) in [6.07, 6.45) is 7.27. The topological polar surface area (TPSA) is 49.3 Å². The van der Waals surface area contributed by atoms with Crippen LogP contribution < -0.4 is 4.90 Å². The molecule has 0 aliphatic heterocycles. The molecule has 1 saturated carbocycles. The van der Waals surface area contributed by atoms with Crippen molar-refractivity contribution in [3.05, 3.63) is 42.2 Å². The fraction of sp³-hybridized carbons (Fsp3) is 0.476. The predicted octanol–water partition coefficient (Wildman–Crippen LogP) is 4.00. The van der Waals surface area contributed by atoms with Gasteiger partial charge in [-0.25, -0.2) is 9.97 Å². The molecule has 1 aliphatic carbocycles. The van der Waals surface area contributed by atoms with E-state index in [0.29, 0.717) is 6.04 Å². The highest BCUT2D eigenvalue weighted by atomic mass is 16.2. The van der Waals surface area contributed by atoms with Crippen LogP contribution in [0.25, 0.3) is 11.3 Å². The van der Waals surface area contributed by atoms with Crippen molar-refractivity contribution < 1.29 is 4.79 Å². The Kier molecular flexibility index (Phi) is 5.86. The van der Waals surface area contributed by atoms with Crippen molar-refractivity contribution >= 4 is 11.7 Å². The maximum absolute atomic E-state index is 13.2. The Hall–Kier alpha value is -2.43. The Labute approximate surface area is 156 Å². The average molecular weight is 352 g/mol. The third-order valence-corrected chi connectivity index (χ3v) is 5.01. The lowest BCUT2D eigenvalue weighted by atomic mass is 10.1. The minimum Gasteiger partial charge on any atom is -0.363 e. The van der Waals surface area contributed by atoms with E-state index in [4.69, 9.17) is 0 Å². The quantitative estimate of drug-likeness (QED) is 0.788. The molecule has 1 aliphatic rings. The van der Waals surface area contributed by atoms with Crippen molar-refractivity contribution in [1.82, 2.24) is 14.9 Å². The first kappa shape index (κ1) is 18.4. The van der Waals surface area contributed by atoms with Crippen LogP contribution in [0.15, 0.2) is 36.7 Å². The first-order chi connectivity index (χ1) is 12.6. The Balaban J connectivity index is 1.88. The van der Waals surface area contributed by atoms with Crippen molar-refractivity contribution in [2.24, 2.45) is 0 Å². The van der Waals surface area contributed by atoms with E-state index < -0.39 is 0 Å². The molecule has 1 aromatic carbocycles. The number of anilines is 1. The van der Waals surface area contributed by atoms with E-state index in [1.807, 2.05) is 49.3 Å². The first-order valence-corrected chi connectivity index (χ1v) is 9.51. The van der Waals surface area contributed by atoms with Gasteiger partial charge in [-0.3, -0.25) is 4.79 Å². The molecule has 1 heterocycles. The molecular formula is C21H28N4O. The van der Waals surface area contributed by atoms with Crippen LogP contribution in [0.5, 0.6) is 0 Å². The molecule has 26 heavy (non-hydrogen) atoms. The maximum Gasteiger partial charge on any atom is 0.254 e. The number of carbonyl (C=O) groups excluding carboxylic acids is 1. The molecule has 0 bridgehead atoms. The molecule has 3 rings (SSSR count). The summed E-state index contributed by atoms with van der Waals surface area (Å²) in [5, 5.41) is 0. The Morgan fingerprint density at radius 1 is 1.15 bits per heavy atom. The highest BCUT2D eigenvalue weighted by molar-refractivity contribution is 5.95. The predicted molar refractivity (Wildman–Crippen MR) is 105 cm³/mol. The van der Waals surface area contributed by atoms with E-state index in [-0.39, 0.29) is 5.91 Å². The summed E-state index contributed by atoms with van der Waals surface area (Å²) in [6.45, 7) is 2.96. The zero-order chi connectivity index (χ0) is 18.5. The second-order valence-electron chi connectivity index (χ2n) is 7.17. The van der Waals surface area contributed by atoms with Crippen LogP contribution in [0, 0.1) is 0 Å². The van der Waals surface area contributed by atoms with Gasteiger partial charge in [-0.2, -0.15) is 0 Å². The molecule has 0 spiro atoms. The van der Waals surface area contributed by atoms with Gasteiger partial charge in [0.25, 0.3) is 5.91 Å². The molecule has 0 saturated heterocycles. The van der Waals surface area contributed by atoms with Crippen LogP contribution in [0.2, 0.25) is 0 Å². The summed E-state index contributed by atoms with van der Waals surface area (Å²) in [4.78, 5) is 25.8. The van der Waals surface area contributed by atoms with Crippen LogP contribution in [0.1, 0.15) is 49.4 Å². The van der Waals surface area contributed by atoms with Gasteiger partial charge < -0.3 is 9.80 Å². The minimum atomic E-state index is 0.141. The van der Waals surface area contributed by atoms with Crippen LogP contribution in [-0.4, -0.2) is 47.5 Å². The zero-order valence-corrected chi connectivity index (χ0v) is 16.0. The first-order valence-electron chi connectivity index (χ1n) is 9.51. The lowest BCUT2D eigenvalue weighted by molar-refractivity contribution is 0.0681. The molecule has 5 heteroatoms. The molecule has 0 N–H and O–H groups in total. The summed E-state index contributed by atoms with van der Waals surface area (Å²) < 4.78 is 0. The lowest BCUT2D eigenvalue weighted by Crippen LogP contribution is -2.39. The standard InChI is InChI=1S/C21H28N4O/c1-4-12-25(18-10-5-6-11-18)21(26)17-9-7-8-16(13-17)19-14-20(24(2)3)23-15-22-19/h7-9,13-15,18H,4-6,10-12H2,1-3H3. The second-order valence-corrected chi connectivity index (χ2v) is 7.17. The van der Waals surface area contributed by atoms with E-state index >= 15 is 0 Å². The van der Waals surface area contributed by atoms with Crippen LogP contribution in [0.4, 0.5) is 5.82 Å². The molecule has 1 fully saturated rings. The third-order valence-electron chi connectivity index (χ3n) is 5.01. The van der Waals surface area contributed by atoms with Crippen LogP contribution >= 0.6 is 0 Å². The molecule has 1 aromatic heterocycles. The fourth-order valence-electron chi connectivity index (χ4n) is 3.63. The van der Waals surface area contributed by atoms with E-state index in [1.54, 1.807) is 6.33 Å². The molecule has 0 unspecified atom stereocenters. The molecule has 5 nitrogen and oxygen atoms in total. The van der Waals surface area contributed by atoms with Gasteiger partial charge in [0.2, 0.25) is 0 Å². The summed E-state index contributed by atoms with van der Waals surface area (Å²) in [5.74, 6) is 0.993. The number of rotatable bonds is 6. The molecule has 0 radical (unpaired) electrons. The number of nitrogens with zero attached hydrogens (tertiary/aromatic N) is 4. The SMILES string of the molecule is CCCN(C(=O)c1cccc(-c2cc(N(C)C)ncn2)c1)C1CCCC1. The smallest absolute Gasteiger partial charge is 0.254 e. The molecule has 138 valence electrons. The van der Waals surface area contributed by atoms with Crippen molar-refractivity contribution in [2.45, 2.75) is 45.1 Å². The summed E-state index contributed by atoms with van der Waals surface area (Å²) in [7, 11) is 3.91. The maximum atomic E-state index is 13.2. The third kappa shape index (κ3) is 4.03. The van der Waals surface area contributed by atoms with E-state index in [9.17, 15) is 4.79 Å².